The van der Waals surface area contributed by atoms with Crippen molar-refractivity contribution in [3.05, 3.63) is 29.3 Å². The van der Waals surface area contributed by atoms with Crippen molar-refractivity contribution < 1.29 is 0 Å². The predicted octanol–water partition coefficient (Wildman–Crippen LogP) is 2.56. The normalized spacial score (nSPS) is 9.50. The van der Waals surface area contributed by atoms with Crippen LogP contribution in [0.4, 0.5) is 5.69 Å². The maximum Gasteiger partial charge on any atom is 0.0469 e. The van der Waals surface area contributed by atoms with Gasteiger partial charge in [-0.1, -0.05) is 24.9 Å². The van der Waals surface area contributed by atoms with Crippen LogP contribution in [0.1, 0.15) is 11.1 Å². The fourth-order valence-corrected chi connectivity index (χ4v) is 1.11. The zero-order valence-electron chi connectivity index (χ0n) is 6.18. The van der Waals surface area contributed by atoms with Crippen molar-refractivity contribution in [3.63, 3.8) is 0 Å². The Labute approximate surface area is 67.0 Å². The van der Waals surface area contributed by atoms with Gasteiger partial charge in [0.15, 0.2) is 0 Å². The lowest BCUT2D eigenvalue weighted by Crippen LogP contribution is -1.87. The summed E-state index contributed by atoms with van der Waals surface area (Å²) in [6.45, 7) is 4.16. The number of hydrogen-bond acceptors (Lipinski definition) is 2. The molecule has 0 saturated heterocycles. The average Bonchev–Trinajstić information content (AvgIpc) is 1.95. The van der Waals surface area contributed by atoms with E-state index in [4.69, 9.17) is 0 Å². The largest absolute Gasteiger partial charge is 0.332 e. The van der Waals surface area contributed by atoms with Crippen LogP contribution in [0, 0.1) is 13.8 Å². The molecular weight excluding hydrogens is 142 g/mol. The number of aryl methyl sites for hydroxylation is 1. The van der Waals surface area contributed by atoms with Crippen molar-refractivity contribution in [1.29, 1.82) is 0 Å². The van der Waals surface area contributed by atoms with Gasteiger partial charge in [-0.25, -0.2) is 0 Å². The fraction of sp³-hybridized carbons (Fsp3) is 0.250. The number of nitrogens with one attached hydrogen (secondary N) is 1. The molecule has 0 aliphatic rings. The molecular formula is C8H11NS. The maximum atomic E-state index is 3.98. The summed E-state index contributed by atoms with van der Waals surface area (Å²) >= 11 is 3.98. The highest BCUT2D eigenvalue weighted by molar-refractivity contribution is 7.81. The smallest absolute Gasteiger partial charge is 0.0469 e. The van der Waals surface area contributed by atoms with E-state index in [1.165, 1.54) is 11.1 Å². The topological polar surface area (TPSA) is 12.0 Å². The second kappa shape index (κ2) is 2.97. The van der Waals surface area contributed by atoms with Gasteiger partial charge >= 0.3 is 0 Å². The van der Waals surface area contributed by atoms with Crippen molar-refractivity contribution >= 4 is 18.5 Å². The summed E-state index contributed by atoms with van der Waals surface area (Å²) in [4.78, 5) is 0. The SMILES string of the molecule is Cc1cccc(NS)c1C. The summed E-state index contributed by atoms with van der Waals surface area (Å²) in [5.41, 5.74) is 3.64. The van der Waals surface area contributed by atoms with E-state index in [0.717, 1.165) is 5.69 Å². The van der Waals surface area contributed by atoms with Crippen molar-refractivity contribution in [1.82, 2.24) is 0 Å². The Morgan fingerprint density at radius 3 is 2.50 bits per heavy atom. The molecule has 1 N–H and O–H groups in total. The van der Waals surface area contributed by atoms with Gasteiger partial charge in [-0.05, 0) is 31.0 Å². The van der Waals surface area contributed by atoms with E-state index in [1.807, 2.05) is 12.1 Å². The molecule has 0 fully saturated rings. The van der Waals surface area contributed by atoms with Crippen molar-refractivity contribution in [2.24, 2.45) is 0 Å². The minimum absolute atomic E-state index is 1.09. The summed E-state index contributed by atoms with van der Waals surface area (Å²) in [6.07, 6.45) is 0. The van der Waals surface area contributed by atoms with E-state index < -0.39 is 0 Å². The average molecular weight is 153 g/mol. The van der Waals surface area contributed by atoms with Gasteiger partial charge < -0.3 is 4.72 Å². The number of hydrogen-bond donors (Lipinski definition) is 2. The zero-order valence-corrected chi connectivity index (χ0v) is 7.07. The van der Waals surface area contributed by atoms with Crippen LogP contribution in [0.15, 0.2) is 18.2 Å². The zero-order chi connectivity index (χ0) is 7.56. The first-order valence-corrected chi connectivity index (χ1v) is 3.66. The molecule has 2 heteroatoms. The molecule has 0 unspecified atom stereocenters. The predicted molar refractivity (Wildman–Crippen MR) is 48.5 cm³/mol. The monoisotopic (exact) mass is 153 g/mol. The highest BCUT2D eigenvalue weighted by Crippen LogP contribution is 2.17. The number of rotatable bonds is 1. The third kappa shape index (κ3) is 1.27. The van der Waals surface area contributed by atoms with Crippen LogP contribution in [0.3, 0.4) is 0 Å². The Morgan fingerprint density at radius 1 is 1.30 bits per heavy atom. The molecule has 0 aromatic heterocycles. The van der Waals surface area contributed by atoms with Crippen LogP contribution in [-0.4, -0.2) is 0 Å². The first-order chi connectivity index (χ1) is 4.75. The molecule has 0 atom stereocenters. The molecule has 1 aromatic carbocycles. The van der Waals surface area contributed by atoms with Gasteiger partial charge in [0.05, 0.1) is 0 Å². The molecule has 0 heterocycles. The maximum absolute atomic E-state index is 3.98. The second-order valence-electron chi connectivity index (χ2n) is 2.36. The lowest BCUT2D eigenvalue weighted by Gasteiger charge is -2.05. The fourth-order valence-electron chi connectivity index (χ4n) is 0.872. The molecule has 1 rings (SSSR count). The summed E-state index contributed by atoms with van der Waals surface area (Å²) in [6, 6.07) is 6.11. The van der Waals surface area contributed by atoms with E-state index in [2.05, 4.69) is 37.5 Å². The second-order valence-corrected chi connectivity index (χ2v) is 2.58. The van der Waals surface area contributed by atoms with E-state index in [1.54, 1.807) is 0 Å². The third-order valence-electron chi connectivity index (χ3n) is 1.73. The van der Waals surface area contributed by atoms with Gasteiger partial charge in [-0.2, -0.15) is 0 Å². The molecule has 54 valence electrons. The van der Waals surface area contributed by atoms with Crippen LogP contribution in [0.25, 0.3) is 0 Å². The molecule has 0 amide bonds. The third-order valence-corrected chi connectivity index (χ3v) is 1.97. The van der Waals surface area contributed by atoms with Gasteiger partial charge in [0, 0.05) is 5.69 Å². The number of benzene rings is 1. The standard InChI is InChI=1S/C8H11NS/c1-6-4-3-5-8(9-10)7(6)2/h3-5,9-10H,1-2H3. The van der Waals surface area contributed by atoms with Crippen LogP contribution < -0.4 is 4.72 Å². The minimum atomic E-state index is 1.09. The van der Waals surface area contributed by atoms with Crippen molar-refractivity contribution in [2.45, 2.75) is 13.8 Å². The van der Waals surface area contributed by atoms with E-state index in [9.17, 15) is 0 Å². The molecule has 0 spiro atoms. The number of thiol groups is 1. The Bertz CT molecular complexity index is 233. The van der Waals surface area contributed by atoms with Crippen LogP contribution >= 0.6 is 12.8 Å². The highest BCUT2D eigenvalue weighted by Gasteiger charge is 1.95. The van der Waals surface area contributed by atoms with Crippen LogP contribution in [-0.2, 0) is 0 Å². The van der Waals surface area contributed by atoms with Gasteiger partial charge in [0.1, 0.15) is 0 Å². The Kier molecular flexibility index (Phi) is 2.22. The summed E-state index contributed by atoms with van der Waals surface area (Å²) < 4.78 is 2.83. The van der Waals surface area contributed by atoms with Crippen molar-refractivity contribution in [3.8, 4) is 0 Å². The Morgan fingerprint density at radius 2 is 2.00 bits per heavy atom. The molecule has 1 nitrogen and oxygen atoms in total. The molecule has 0 saturated carbocycles. The molecule has 0 aliphatic carbocycles. The Hall–Kier alpha value is -0.630. The molecule has 1 aromatic rings. The molecule has 0 radical (unpaired) electrons. The summed E-state index contributed by atoms with van der Waals surface area (Å²) in [5, 5.41) is 0. The van der Waals surface area contributed by atoms with E-state index >= 15 is 0 Å². The van der Waals surface area contributed by atoms with E-state index in [0.29, 0.717) is 0 Å². The molecule has 0 bridgehead atoms. The Balaban J connectivity index is 3.14. The van der Waals surface area contributed by atoms with Gasteiger partial charge in [0.25, 0.3) is 0 Å². The quantitative estimate of drug-likeness (QED) is 0.591. The van der Waals surface area contributed by atoms with Crippen LogP contribution in [0.2, 0.25) is 0 Å². The van der Waals surface area contributed by atoms with Crippen LogP contribution in [0.5, 0.6) is 0 Å². The lowest BCUT2D eigenvalue weighted by atomic mass is 10.1. The van der Waals surface area contributed by atoms with Gasteiger partial charge in [-0.15, -0.1) is 0 Å². The summed E-state index contributed by atoms with van der Waals surface area (Å²) in [7, 11) is 0. The lowest BCUT2D eigenvalue weighted by molar-refractivity contribution is 1.35. The molecule has 0 aliphatic heterocycles. The van der Waals surface area contributed by atoms with Gasteiger partial charge in [-0.3, -0.25) is 0 Å². The van der Waals surface area contributed by atoms with Crippen molar-refractivity contribution in [2.75, 3.05) is 4.72 Å². The number of anilines is 1. The highest BCUT2D eigenvalue weighted by atomic mass is 32.1. The van der Waals surface area contributed by atoms with E-state index in [-0.39, 0.29) is 0 Å². The first kappa shape index (κ1) is 7.48. The van der Waals surface area contributed by atoms with Gasteiger partial charge in [0.2, 0.25) is 0 Å². The first-order valence-electron chi connectivity index (χ1n) is 3.22. The molecule has 10 heavy (non-hydrogen) atoms. The minimum Gasteiger partial charge on any atom is -0.332 e. The summed E-state index contributed by atoms with van der Waals surface area (Å²) in [5.74, 6) is 0.